The van der Waals surface area contributed by atoms with Crippen LogP contribution in [0.1, 0.15) is 12.0 Å². The van der Waals surface area contributed by atoms with Crippen molar-refractivity contribution in [2.75, 3.05) is 31.6 Å². The Morgan fingerprint density at radius 2 is 2.12 bits per heavy atom. The van der Waals surface area contributed by atoms with E-state index < -0.39 is 0 Å². The van der Waals surface area contributed by atoms with Crippen molar-refractivity contribution in [1.82, 2.24) is 5.32 Å². The second-order valence-corrected chi connectivity index (χ2v) is 6.37. The van der Waals surface area contributed by atoms with Crippen molar-refractivity contribution in [2.24, 2.45) is 5.92 Å². The summed E-state index contributed by atoms with van der Waals surface area (Å²) in [7, 11) is 1.66. The summed E-state index contributed by atoms with van der Waals surface area (Å²) in [6.07, 6.45) is 1.11. The number of hydrogen-bond donors (Lipinski definition) is 1. The third-order valence-corrected chi connectivity index (χ3v) is 4.60. The summed E-state index contributed by atoms with van der Waals surface area (Å²) in [6, 6.07) is 14.4. The van der Waals surface area contributed by atoms with Crippen LogP contribution in [-0.4, -0.2) is 32.7 Å². The number of amides is 1. The smallest absolute Gasteiger partial charge is 0.224 e. The maximum atomic E-state index is 13.6. The predicted molar refractivity (Wildman–Crippen MR) is 96.4 cm³/mol. The van der Waals surface area contributed by atoms with Crippen molar-refractivity contribution in [3.05, 3.63) is 59.9 Å². The van der Waals surface area contributed by atoms with Crippen LogP contribution in [0.2, 0.25) is 0 Å². The fourth-order valence-corrected chi connectivity index (χ4v) is 3.18. The average Bonchev–Trinajstić information content (AvgIpc) is 3.11. The lowest BCUT2D eigenvalue weighted by Gasteiger charge is -2.19. The van der Waals surface area contributed by atoms with Crippen LogP contribution in [-0.2, 0) is 11.2 Å². The molecule has 0 radical (unpaired) electrons. The summed E-state index contributed by atoms with van der Waals surface area (Å²) in [5.74, 6) is 0.780. The molecule has 2 aromatic carbocycles. The average molecular weight is 342 g/mol. The number of rotatable bonds is 6. The molecule has 0 aromatic heterocycles. The van der Waals surface area contributed by atoms with E-state index in [9.17, 15) is 9.18 Å². The fraction of sp³-hybridized carbons (Fsp3) is 0.350. The Bertz CT molecular complexity index is 735. The van der Waals surface area contributed by atoms with Gasteiger partial charge in [-0.15, -0.1) is 0 Å². The molecule has 1 aliphatic rings. The molecule has 0 aliphatic carbocycles. The molecule has 0 bridgehead atoms. The number of nitrogens with zero attached hydrogens (tertiary/aromatic N) is 1. The second-order valence-electron chi connectivity index (χ2n) is 6.37. The molecule has 0 spiro atoms. The molecule has 0 unspecified atom stereocenters. The summed E-state index contributed by atoms with van der Waals surface area (Å²) in [5, 5.41) is 2.94. The van der Waals surface area contributed by atoms with E-state index in [2.05, 4.69) is 16.3 Å². The van der Waals surface area contributed by atoms with E-state index in [0.717, 1.165) is 30.9 Å². The number of carbonyl (C=O) groups excluding carboxylic acids is 1. The van der Waals surface area contributed by atoms with Crippen LogP contribution < -0.4 is 15.0 Å². The minimum Gasteiger partial charge on any atom is -0.497 e. The number of halogens is 1. The number of hydrogen-bond acceptors (Lipinski definition) is 3. The lowest BCUT2D eigenvalue weighted by atomic mass is 10.1. The van der Waals surface area contributed by atoms with Gasteiger partial charge >= 0.3 is 0 Å². The van der Waals surface area contributed by atoms with Crippen molar-refractivity contribution in [1.29, 1.82) is 0 Å². The lowest BCUT2D eigenvalue weighted by molar-refractivity contribution is -0.120. The number of methoxy groups -OCH3 is 1. The van der Waals surface area contributed by atoms with Gasteiger partial charge in [0.25, 0.3) is 0 Å². The van der Waals surface area contributed by atoms with Crippen molar-refractivity contribution in [3.8, 4) is 5.75 Å². The Balaban J connectivity index is 1.48. The first-order valence-electron chi connectivity index (χ1n) is 8.55. The Labute approximate surface area is 147 Å². The zero-order valence-electron chi connectivity index (χ0n) is 14.4. The summed E-state index contributed by atoms with van der Waals surface area (Å²) in [6.45, 7) is 2.47. The van der Waals surface area contributed by atoms with Gasteiger partial charge in [-0.05, 0) is 36.1 Å². The van der Waals surface area contributed by atoms with E-state index in [1.807, 2.05) is 18.2 Å². The number of benzene rings is 2. The molecule has 5 heteroatoms. The van der Waals surface area contributed by atoms with Gasteiger partial charge in [-0.2, -0.15) is 0 Å². The first-order chi connectivity index (χ1) is 12.2. The van der Waals surface area contributed by atoms with Crippen LogP contribution in [0.4, 0.5) is 10.1 Å². The largest absolute Gasteiger partial charge is 0.497 e. The number of anilines is 1. The van der Waals surface area contributed by atoms with Gasteiger partial charge in [0.05, 0.1) is 13.5 Å². The third-order valence-electron chi connectivity index (χ3n) is 4.60. The first-order valence-corrected chi connectivity index (χ1v) is 8.55. The molecule has 25 heavy (non-hydrogen) atoms. The molecule has 1 fully saturated rings. The zero-order chi connectivity index (χ0) is 17.6. The van der Waals surface area contributed by atoms with Crippen LogP contribution >= 0.6 is 0 Å². The maximum absolute atomic E-state index is 13.6. The van der Waals surface area contributed by atoms with Gasteiger partial charge in [-0.1, -0.05) is 24.3 Å². The van der Waals surface area contributed by atoms with Crippen LogP contribution in [0, 0.1) is 11.7 Å². The minimum absolute atomic E-state index is 0.0823. The molecular formula is C20H23FN2O2. The Hall–Kier alpha value is -2.56. The molecule has 1 aliphatic heterocycles. The lowest BCUT2D eigenvalue weighted by Crippen LogP contribution is -2.32. The standard InChI is InChI=1S/C20H23FN2O2/c1-25-18-7-4-6-17(12-18)23-10-9-15(14-23)13-22-20(24)11-16-5-2-3-8-19(16)21/h2-8,12,15H,9-11,13-14H2,1H3,(H,22,24)/t15-/m0/s1. The number of carbonyl (C=O) groups is 1. The first kappa shape index (κ1) is 17.3. The zero-order valence-corrected chi connectivity index (χ0v) is 14.4. The van der Waals surface area contributed by atoms with E-state index in [4.69, 9.17) is 4.74 Å². The molecule has 4 nitrogen and oxygen atoms in total. The van der Waals surface area contributed by atoms with E-state index in [1.165, 1.54) is 6.07 Å². The molecule has 1 heterocycles. The van der Waals surface area contributed by atoms with Gasteiger partial charge in [0, 0.05) is 31.4 Å². The highest BCUT2D eigenvalue weighted by atomic mass is 19.1. The van der Waals surface area contributed by atoms with E-state index >= 15 is 0 Å². The Kier molecular flexibility index (Phi) is 5.53. The van der Waals surface area contributed by atoms with Gasteiger partial charge < -0.3 is 15.0 Å². The predicted octanol–water partition coefficient (Wildman–Crippen LogP) is 3.02. The second kappa shape index (κ2) is 8.01. The molecule has 1 N–H and O–H groups in total. The monoisotopic (exact) mass is 342 g/mol. The fourth-order valence-electron chi connectivity index (χ4n) is 3.18. The highest BCUT2D eigenvalue weighted by molar-refractivity contribution is 5.78. The summed E-state index contributed by atoms with van der Waals surface area (Å²) < 4.78 is 18.9. The van der Waals surface area contributed by atoms with Gasteiger partial charge in [0.2, 0.25) is 5.91 Å². The maximum Gasteiger partial charge on any atom is 0.224 e. The molecular weight excluding hydrogens is 319 g/mol. The van der Waals surface area contributed by atoms with Gasteiger partial charge in [-0.25, -0.2) is 4.39 Å². The third kappa shape index (κ3) is 4.50. The number of nitrogens with one attached hydrogen (secondary N) is 1. The Morgan fingerprint density at radius 1 is 1.28 bits per heavy atom. The van der Waals surface area contributed by atoms with E-state index in [0.29, 0.717) is 18.0 Å². The summed E-state index contributed by atoms with van der Waals surface area (Å²) in [5.41, 5.74) is 1.57. The Morgan fingerprint density at radius 3 is 2.92 bits per heavy atom. The highest BCUT2D eigenvalue weighted by Gasteiger charge is 2.23. The SMILES string of the molecule is COc1cccc(N2CC[C@@H](CNC(=O)Cc3ccccc3F)C2)c1. The molecule has 2 aromatic rings. The van der Waals surface area contributed by atoms with Crippen molar-refractivity contribution < 1.29 is 13.9 Å². The quantitative estimate of drug-likeness (QED) is 0.877. The van der Waals surface area contributed by atoms with Crippen molar-refractivity contribution >= 4 is 11.6 Å². The molecule has 1 atom stereocenters. The van der Waals surface area contributed by atoms with Crippen LogP contribution in [0.25, 0.3) is 0 Å². The molecule has 1 amide bonds. The number of ether oxygens (including phenoxy) is 1. The van der Waals surface area contributed by atoms with E-state index in [1.54, 1.807) is 25.3 Å². The highest BCUT2D eigenvalue weighted by Crippen LogP contribution is 2.26. The van der Waals surface area contributed by atoms with Gasteiger partial charge in [-0.3, -0.25) is 4.79 Å². The molecule has 3 rings (SSSR count). The normalized spacial score (nSPS) is 16.7. The van der Waals surface area contributed by atoms with Crippen LogP contribution in [0.15, 0.2) is 48.5 Å². The molecule has 0 saturated carbocycles. The molecule has 1 saturated heterocycles. The van der Waals surface area contributed by atoms with Gasteiger partial charge in [0.15, 0.2) is 0 Å². The van der Waals surface area contributed by atoms with Crippen molar-refractivity contribution in [3.63, 3.8) is 0 Å². The van der Waals surface area contributed by atoms with E-state index in [-0.39, 0.29) is 18.1 Å². The van der Waals surface area contributed by atoms with Gasteiger partial charge in [0.1, 0.15) is 11.6 Å². The molecule has 132 valence electrons. The topological polar surface area (TPSA) is 41.6 Å². The summed E-state index contributed by atoms with van der Waals surface area (Å²) in [4.78, 5) is 14.4. The van der Waals surface area contributed by atoms with Crippen LogP contribution in [0.3, 0.4) is 0 Å². The van der Waals surface area contributed by atoms with Crippen molar-refractivity contribution in [2.45, 2.75) is 12.8 Å². The van der Waals surface area contributed by atoms with Crippen LogP contribution in [0.5, 0.6) is 5.75 Å². The minimum atomic E-state index is -0.331. The summed E-state index contributed by atoms with van der Waals surface area (Å²) >= 11 is 0.